The van der Waals surface area contributed by atoms with Crippen molar-refractivity contribution in [2.75, 3.05) is 23.0 Å². The van der Waals surface area contributed by atoms with Crippen molar-refractivity contribution in [2.24, 2.45) is 5.73 Å². The molecular weight excluding hydrogens is 410 g/mol. The summed E-state index contributed by atoms with van der Waals surface area (Å²) >= 11 is 3.79. The first-order chi connectivity index (χ1) is 12.9. The van der Waals surface area contributed by atoms with Crippen LogP contribution in [0.3, 0.4) is 0 Å². The van der Waals surface area contributed by atoms with Gasteiger partial charge in [0, 0.05) is 24.4 Å². The van der Waals surface area contributed by atoms with Crippen molar-refractivity contribution >= 4 is 58.0 Å². The summed E-state index contributed by atoms with van der Waals surface area (Å²) in [4.78, 5) is 35.6. The first-order valence-electron chi connectivity index (χ1n) is 7.89. The molecule has 142 valence electrons. The van der Waals surface area contributed by atoms with Crippen LogP contribution >= 0.6 is 34.9 Å². The van der Waals surface area contributed by atoms with E-state index in [-0.39, 0.29) is 23.1 Å². The van der Waals surface area contributed by atoms with Crippen molar-refractivity contribution in [1.82, 2.24) is 10.2 Å². The molecule has 0 unspecified atom stereocenters. The molecule has 3 rings (SSSR count). The minimum Gasteiger partial charge on any atom is -0.369 e. The summed E-state index contributed by atoms with van der Waals surface area (Å²) in [5, 5.41) is 18.9. The molecule has 0 bridgehead atoms. The van der Waals surface area contributed by atoms with E-state index in [1.54, 1.807) is 11.0 Å². The van der Waals surface area contributed by atoms with Gasteiger partial charge in [-0.3, -0.25) is 19.7 Å². The van der Waals surface area contributed by atoms with E-state index in [1.807, 2.05) is 0 Å². The maximum absolute atomic E-state index is 12.6. The number of nitrogens with two attached hydrogens (primary N) is 1. The number of thioether (sulfide) groups is 2. The molecule has 0 atom stereocenters. The van der Waals surface area contributed by atoms with Gasteiger partial charge >= 0.3 is 0 Å². The molecule has 12 heteroatoms. The predicted molar refractivity (Wildman–Crippen MR) is 104 cm³/mol. The van der Waals surface area contributed by atoms with Crippen LogP contribution in [-0.4, -0.2) is 45.0 Å². The van der Waals surface area contributed by atoms with Crippen molar-refractivity contribution in [1.29, 1.82) is 0 Å². The van der Waals surface area contributed by atoms with Gasteiger partial charge < -0.3 is 10.6 Å². The Balaban J connectivity index is 1.62. The smallest absolute Gasteiger partial charge is 0.269 e. The number of carbonyl (C=O) groups excluding carboxylic acids is 2. The van der Waals surface area contributed by atoms with E-state index in [1.165, 1.54) is 47.0 Å². The number of aromatic nitrogens is 2. The van der Waals surface area contributed by atoms with Crippen LogP contribution in [0.1, 0.15) is 12.0 Å². The Bertz CT molecular complexity index is 888. The molecule has 0 fully saturated rings. The molecule has 2 amide bonds. The summed E-state index contributed by atoms with van der Waals surface area (Å²) in [7, 11) is 0. The van der Waals surface area contributed by atoms with Gasteiger partial charge in [-0.05, 0) is 24.5 Å². The monoisotopic (exact) mass is 425 g/mol. The number of carbonyl (C=O) groups is 2. The molecule has 2 N–H and O–H groups in total. The van der Waals surface area contributed by atoms with E-state index in [0.717, 1.165) is 17.7 Å². The van der Waals surface area contributed by atoms with Crippen LogP contribution in [0.15, 0.2) is 26.9 Å². The van der Waals surface area contributed by atoms with Crippen LogP contribution in [0.25, 0.3) is 0 Å². The van der Waals surface area contributed by atoms with Gasteiger partial charge in [-0.2, -0.15) is 0 Å². The Labute approximate surface area is 166 Å². The molecule has 0 saturated carbocycles. The number of amides is 2. The van der Waals surface area contributed by atoms with Crippen molar-refractivity contribution in [3.05, 3.63) is 33.9 Å². The molecule has 9 nitrogen and oxygen atoms in total. The number of benzene rings is 1. The molecule has 0 radical (unpaired) electrons. The van der Waals surface area contributed by atoms with E-state index in [4.69, 9.17) is 5.73 Å². The van der Waals surface area contributed by atoms with Gasteiger partial charge in [0.1, 0.15) is 0 Å². The van der Waals surface area contributed by atoms with Crippen LogP contribution < -0.4 is 10.6 Å². The van der Waals surface area contributed by atoms with E-state index < -0.39 is 10.8 Å². The molecule has 1 aliphatic heterocycles. The molecule has 0 aliphatic carbocycles. The van der Waals surface area contributed by atoms with Crippen molar-refractivity contribution in [3.63, 3.8) is 0 Å². The highest BCUT2D eigenvalue weighted by molar-refractivity contribution is 8.03. The number of nitro groups is 1. The number of hydrogen-bond acceptors (Lipinski definition) is 9. The first-order valence-corrected chi connectivity index (χ1v) is 10.7. The van der Waals surface area contributed by atoms with E-state index in [2.05, 4.69) is 10.2 Å². The van der Waals surface area contributed by atoms with E-state index in [9.17, 15) is 19.7 Å². The Morgan fingerprint density at radius 1 is 1.26 bits per heavy atom. The van der Waals surface area contributed by atoms with Crippen LogP contribution in [0.5, 0.6) is 0 Å². The Kier molecular flexibility index (Phi) is 6.29. The third-order valence-electron chi connectivity index (χ3n) is 3.74. The molecule has 27 heavy (non-hydrogen) atoms. The van der Waals surface area contributed by atoms with Crippen LogP contribution in [0.2, 0.25) is 0 Å². The maximum atomic E-state index is 12.6. The molecule has 2 heterocycles. The van der Waals surface area contributed by atoms with Crippen LogP contribution in [0, 0.1) is 10.1 Å². The summed E-state index contributed by atoms with van der Waals surface area (Å²) in [5.74, 6) is -0.194. The highest BCUT2D eigenvalue weighted by Crippen LogP contribution is 2.32. The van der Waals surface area contributed by atoms with E-state index >= 15 is 0 Å². The number of hydrogen-bond donors (Lipinski definition) is 1. The largest absolute Gasteiger partial charge is 0.369 e. The van der Waals surface area contributed by atoms with Crippen LogP contribution in [0.4, 0.5) is 11.4 Å². The highest BCUT2D eigenvalue weighted by Gasteiger charge is 2.24. The lowest BCUT2D eigenvalue weighted by atomic mass is 10.0. The number of aryl methyl sites for hydroxylation is 1. The van der Waals surface area contributed by atoms with Crippen LogP contribution in [-0.2, 0) is 16.0 Å². The van der Waals surface area contributed by atoms with Gasteiger partial charge in [-0.25, -0.2) is 0 Å². The first kappa shape index (κ1) is 19.6. The number of primary amides is 1. The zero-order chi connectivity index (χ0) is 19.4. The van der Waals surface area contributed by atoms with Gasteiger partial charge in [0.05, 0.1) is 16.4 Å². The molecule has 0 spiro atoms. The number of nitro benzene ring substituents is 1. The van der Waals surface area contributed by atoms with Crippen molar-refractivity contribution in [2.45, 2.75) is 21.5 Å². The zero-order valence-corrected chi connectivity index (χ0v) is 16.4. The maximum Gasteiger partial charge on any atom is 0.269 e. The van der Waals surface area contributed by atoms with Gasteiger partial charge in [-0.15, -0.1) is 10.2 Å². The lowest BCUT2D eigenvalue weighted by Crippen LogP contribution is -2.36. The lowest BCUT2D eigenvalue weighted by molar-refractivity contribution is -0.384. The minimum absolute atomic E-state index is 0.0345. The standard InChI is InChI=1S/C15H15N5O4S3/c16-12(21)7-25-14-17-18-15(27-14)26-8-13(22)19-5-1-2-9-6-10(20(23)24)3-4-11(9)19/h3-4,6H,1-2,5,7-8H2,(H2,16,21). The molecule has 1 aliphatic rings. The summed E-state index contributed by atoms with van der Waals surface area (Å²) in [5.41, 5.74) is 6.68. The second-order valence-corrected chi connectivity index (χ2v) is 9.02. The molecule has 1 aromatic heterocycles. The van der Waals surface area contributed by atoms with Gasteiger partial charge in [0.2, 0.25) is 11.8 Å². The van der Waals surface area contributed by atoms with Gasteiger partial charge in [0.15, 0.2) is 8.68 Å². The fourth-order valence-corrected chi connectivity index (χ4v) is 5.24. The normalized spacial score (nSPS) is 13.3. The molecule has 0 saturated heterocycles. The quantitative estimate of drug-likeness (QED) is 0.405. The third-order valence-corrected chi connectivity index (χ3v) is 6.94. The predicted octanol–water partition coefficient (Wildman–Crippen LogP) is 2.10. The average molecular weight is 426 g/mol. The van der Waals surface area contributed by atoms with Crippen molar-refractivity contribution in [3.8, 4) is 0 Å². The summed E-state index contributed by atoms with van der Waals surface area (Å²) in [6, 6.07) is 4.60. The summed E-state index contributed by atoms with van der Waals surface area (Å²) in [6.07, 6.45) is 1.47. The number of rotatable bonds is 7. The Morgan fingerprint density at radius 2 is 1.96 bits per heavy atom. The van der Waals surface area contributed by atoms with Gasteiger partial charge in [0.25, 0.3) is 5.69 Å². The number of anilines is 1. The topological polar surface area (TPSA) is 132 Å². The summed E-state index contributed by atoms with van der Waals surface area (Å²) in [6.45, 7) is 0.583. The van der Waals surface area contributed by atoms with Crippen molar-refractivity contribution < 1.29 is 14.5 Å². The highest BCUT2D eigenvalue weighted by atomic mass is 32.2. The molecule has 1 aromatic carbocycles. The average Bonchev–Trinajstić information content (AvgIpc) is 3.11. The van der Waals surface area contributed by atoms with Gasteiger partial charge in [-0.1, -0.05) is 34.9 Å². The summed E-state index contributed by atoms with van der Waals surface area (Å²) < 4.78 is 1.26. The molecular formula is C15H15N5O4S3. The number of non-ortho nitro benzene ring substituents is 1. The number of nitrogens with zero attached hydrogens (tertiary/aromatic N) is 4. The fraction of sp³-hybridized carbons (Fsp3) is 0.333. The second-order valence-electron chi connectivity index (χ2n) is 5.60. The number of fused-ring (bicyclic) bond motifs is 1. The zero-order valence-electron chi connectivity index (χ0n) is 14.0. The Hall–Kier alpha value is -2.18. The SMILES string of the molecule is NC(=O)CSc1nnc(SCC(=O)N2CCCc3cc([N+](=O)[O-])ccc32)s1. The van der Waals surface area contributed by atoms with E-state index in [0.29, 0.717) is 21.6 Å². The fourth-order valence-electron chi connectivity index (χ4n) is 2.60. The Morgan fingerprint density at radius 3 is 2.63 bits per heavy atom. The second kappa shape index (κ2) is 8.67. The third kappa shape index (κ3) is 4.96. The molecule has 2 aromatic rings. The lowest BCUT2D eigenvalue weighted by Gasteiger charge is -2.29. The minimum atomic E-state index is -0.430.